The minimum absolute atomic E-state index is 0.0730. The summed E-state index contributed by atoms with van der Waals surface area (Å²) in [5.74, 6) is 1.40. The summed E-state index contributed by atoms with van der Waals surface area (Å²) < 4.78 is 24.2. The monoisotopic (exact) mass is 399 g/mol. The highest BCUT2D eigenvalue weighted by molar-refractivity contribution is 5.79. The molecule has 1 saturated carbocycles. The standard InChI is InChI=1S/C23H30FN3O2/c1-17-4-5-18(21(14-17)29-13-12-28-3)15-26-22(25-2)27-16-23(10-11-23)19-6-8-20(24)9-7-19/h4-9,14H,10-13,15-16H2,1-3H3,(H2,25,26,27). The number of halogens is 1. The lowest BCUT2D eigenvalue weighted by molar-refractivity contribution is 0.145. The molecule has 1 fully saturated rings. The van der Waals surface area contributed by atoms with Gasteiger partial charge in [-0.1, -0.05) is 24.3 Å². The van der Waals surface area contributed by atoms with Crippen LogP contribution in [0.3, 0.4) is 0 Å². The average Bonchev–Trinajstić information content (AvgIpc) is 3.51. The zero-order chi connectivity index (χ0) is 20.7. The third kappa shape index (κ3) is 5.70. The number of aryl methyl sites for hydroxylation is 1. The lowest BCUT2D eigenvalue weighted by Crippen LogP contribution is -2.41. The summed E-state index contributed by atoms with van der Waals surface area (Å²) in [4.78, 5) is 4.34. The molecule has 0 saturated heterocycles. The first-order chi connectivity index (χ1) is 14.1. The van der Waals surface area contributed by atoms with E-state index in [4.69, 9.17) is 9.47 Å². The van der Waals surface area contributed by atoms with Crippen LogP contribution in [0.25, 0.3) is 0 Å². The summed E-state index contributed by atoms with van der Waals surface area (Å²) in [5.41, 5.74) is 3.46. The second-order valence-corrected chi connectivity index (χ2v) is 7.52. The molecule has 3 rings (SSSR count). The minimum Gasteiger partial charge on any atom is -0.491 e. The molecule has 1 aliphatic rings. The number of benzene rings is 2. The summed E-state index contributed by atoms with van der Waals surface area (Å²) in [7, 11) is 3.42. The minimum atomic E-state index is -0.198. The normalized spacial score (nSPS) is 15.1. The van der Waals surface area contributed by atoms with Crippen molar-refractivity contribution in [2.24, 2.45) is 4.99 Å². The molecule has 0 atom stereocenters. The SMILES string of the molecule is CN=C(NCc1ccc(C)cc1OCCOC)NCC1(c2ccc(F)cc2)CC1. The van der Waals surface area contributed by atoms with Crippen LogP contribution in [0.5, 0.6) is 5.75 Å². The number of ether oxygens (including phenoxy) is 2. The van der Waals surface area contributed by atoms with Gasteiger partial charge in [0.05, 0.1) is 6.61 Å². The molecule has 6 heteroatoms. The molecule has 0 unspecified atom stereocenters. The van der Waals surface area contributed by atoms with E-state index in [1.54, 1.807) is 14.2 Å². The summed E-state index contributed by atoms with van der Waals surface area (Å²) in [6.45, 7) is 4.48. The summed E-state index contributed by atoms with van der Waals surface area (Å²) in [6, 6.07) is 13.0. The number of hydrogen-bond donors (Lipinski definition) is 2. The van der Waals surface area contributed by atoms with E-state index in [0.29, 0.717) is 19.8 Å². The first kappa shape index (κ1) is 21.1. The van der Waals surface area contributed by atoms with Crippen molar-refractivity contribution >= 4 is 5.96 Å². The fraction of sp³-hybridized carbons (Fsp3) is 0.435. The van der Waals surface area contributed by atoms with Crippen LogP contribution in [0.15, 0.2) is 47.5 Å². The first-order valence-electron chi connectivity index (χ1n) is 9.98. The number of methoxy groups -OCH3 is 1. The maximum atomic E-state index is 13.2. The van der Waals surface area contributed by atoms with E-state index in [2.05, 4.69) is 27.8 Å². The third-order valence-electron chi connectivity index (χ3n) is 5.34. The van der Waals surface area contributed by atoms with Crippen molar-refractivity contribution in [1.82, 2.24) is 10.6 Å². The van der Waals surface area contributed by atoms with Crippen LogP contribution in [0.2, 0.25) is 0 Å². The zero-order valence-corrected chi connectivity index (χ0v) is 17.4. The van der Waals surface area contributed by atoms with Gasteiger partial charge in [0.15, 0.2) is 5.96 Å². The molecule has 0 heterocycles. The van der Waals surface area contributed by atoms with E-state index in [1.165, 1.54) is 17.7 Å². The Morgan fingerprint density at radius 3 is 2.52 bits per heavy atom. The number of rotatable bonds is 9. The predicted octanol–water partition coefficient (Wildman–Crippen LogP) is 3.56. The van der Waals surface area contributed by atoms with E-state index >= 15 is 0 Å². The van der Waals surface area contributed by atoms with Crippen LogP contribution in [0, 0.1) is 12.7 Å². The zero-order valence-electron chi connectivity index (χ0n) is 17.4. The molecule has 1 aliphatic carbocycles. The molecular weight excluding hydrogens is 369 g/mol. The first-order valence-corrected chi connectivity index (χ1v) is 9.98. The Balaban J connectivity index is 1.56. The van der Waals surface area contributed by atoms with Crippen LogP contribution < -0.4 is 15.4 Å². The number of guanidine groups is 1. The maximum Gasteiger partial charge on any atom is 0.191 e. The van der Waals surface area contributed by atoms with Crippen molar-refractivity contribution in [2.75, 3.05) is 33.9 Å². The van der Waals surface area contributed by atoms with Gasteiger partial charge in [-0.05, 0) is 49.1 Å². The number of aliphatic imine (C=N–C) groups is 1. The van der Waals surface area contributed by atoms with Crippen LogP contribution in [0.4, 0.5) is 4.39 Å². The summed E-state index contributed by atoms with van der Waals surface area (Å²) in [6.07, 6.45) is 2.19. The average molecular weight is 400 g/mol. The lowest BCUT2D eigenvalue weighted by atomic mass is 9.96. The molecule has 2 N–H and O–H groups in total. The Bertz CT molecular complexity index is 833. The van der Waals surface area contributed by atoms with Crippen molar-refractivity contribution in [2.45, 2.75) is 31.7 Å². The van der Waals surface area contributed by atoms with Gasteiger partial charge in [-0.25, -0.2) is 4.39 Å². The molecule has 0 radical (unpaired) electrons. The van der Waals surface area contributed by atoms with Gasteiger partial charge in [0.1, 0.15) is 18.2 Å². The van der Waals surface area contributed by atoms with Gasteiger partial charge in [0, 0.05) is 38.2 Å². The summed E-state index contributed by atoms with van der Waals surface area (Å²) >= 11 is 0. The van der Waals surface area contributed by atoms with Crippen LogP contribution >= 0.6 is 0 Å². The van der Waals surface area contributed by atoms with Gasteiger partial charge >= 0.3 is 0 Å². The highest BCUT2D eigenvalue weighted by Gasteiger charge is 2.44. The Morgan fingerprint density at radius 2 is 1.86 bits per heavy atom. The Kier molecular flexibility index (Phi) is 7.09. The Labute approximate surface area is 172 Å². The Morgan fingerprint density at radius 1 is 1.10 bits per heavy atom. The van der Waals surface area contributed by atoms with Crippen molar-refractivity contribution < 1.29 is 13.9 Å². The molecule has 156 valence electrons. The fourth-order valence-corrected chi connectivity index (χ4v) is 3.35. The van der Waals surface area contributed by atoms with E-state index in [1.807, 2.05) is 25.1 Å². The van der Waals surface area contributed by atoms with E-state index in [9.17, 15) is 4.39 Å². The second kappa shape index (κ2) is 9.74. The molecule has 0 amide bonds. The smallest absolute Gasteiger partial charge is 0.191 e. The maximum absolute atomic E-state index is 13.2. The molecule has 0 bridgehead atoms. The lowest BCUT2D eigenvalue weighted by Gasteiger charge is -2.20. The van der Waals surface area contributed by atoms with Crippen molar-refractivity contribution in [3.63, 3.8) is 0 Å². The van der Waals surface area contributed by atoms with E-state index in [-0.39, 0.29) is 11.2 Å². The van der Waals surface area contributed by atoms with E-state index < -0.39 is 0 Å². The number of hydrogen-bond acceptors (Lipinski definition) is 3. The van der Waals surface area contributed by atoms with Crippen molar-refractivity contribution in [3.8, 4) is 5.75 Å². The van der Waals surface area contributed by atoms with Crippen LogP contribution in [0.1, 0.15) is 29.5 Å². The summed E-state index contributed by atoms with van der Waals surface area (Å²) in [5, 5.41) is 6.79. The molecule has 2 aromatic rings. The fourth-order valence-electron chi connectivity index (χ4n) is 3.35. The number of nitrogens with one attached hydrogen (secondary N) is 2. The van der Waals surface area contributed by atoms with Crippen LogP contribution in [-0.2, 0) is 16.7 Å². The molecule has 2 aromatic carbocycles. The quantitative estimate of drug-likeness (QED) is 0.385. The Hall–Kier alpha value is -2.60. The van der Waals surface area contributed by atoms with Gasteiger partial charge < -0.3 is 20.1 Å². The van der Waals surface area contributed by atoms with Crippen molar-refractivity contribution in [1.29, 1.82) is 0 Å². The number of nitrogens with zero attached hydrogens (tertiary/aromatic N) is 1. The molecule has 5 nitrogen and oxygen atoms in total. The van der Waals surface area contributed by atoms with Gasteiger partial charge in [-0.3, -0.25) is 4.99 Å². The molecule has 0 spiro atoms. The largest absolute Gasteiger partial charge is 0.491 e. The van der Waals surface area contributed by atoms with E-state index in [0.717, 1.165) is 42.2 Å². The topological polar surface area (TPSA) is 54.9 Å². The second-order valence-electron chi connectivity index (χ2n) is 7.52. The predicted molar refractivity (Wildman–Crippen MR) is 114 cm³/mol. The highest BCUT2D eigenvalue weighted by atomic mass is 19.1. The van der Waals surface area contributed by atoms with Crippen molar-refractivity contribution in [3.05, 3.63) is 65.0 Å². The third-order valence-corrected chi connectivity index (χ3v) is 5.34. The highest BCUT2D eigenvalue weighted by Crippen LogP contribution is 2.47. The van der Waals surface area contributed by atoms with Gasteiger partial charge in [-0.15, -0.1) is 0 Å². The molecule has 0 aliphatic heterocycles. The molecular formula is C23H30FN3O2. The molecule has 29 heavy (non-hydrogen) atoms. The molecule has 0 aromatic heterocycles. The van der Waals surface area contributed by atoms with Crippen LogP contribution in [-0.4, -0.2) is 39.9 Å². The van der Waals surface area contributed by atoms with Gasteiger partial charge in [-0.2, -0.15) is 0 Å². The van der Waals surface area contributed by atoms with Gasteiger partial charge in [0.25, 0.3) is 0 Å². The van der Waals surface area contributed by atoms with Gasteiger partial charge in [0.2, 0.25) is 0 Å².